The third-order valence-corrected chi connectivity index (χ3v) is 2.81. The first kappa shape index (κ1) is 12.3. The zero-order chi connectivity index (χ0) is 12.5. The van der Waals surface area contributed by atoms with Crippen molar-refractivity contribution in [2.45, 2.75) is 20.8 Å². The first-order valence-electron chi connectivity index (χ1n) is 4.97. The first-order valence-corrected chi connectivity index (χ1v) is 4.97. The highest BCUT2D eigenvalue weighted by Gasteiger charge is 2.15. The summed E-state index contributed by atoms with van der Waals surface area (Å²) in [6.45, 7) is 9.27. The minimum absolute atomic E-state index is 0.117. The van der Waals surface area contributed by atoms with Crippen LogP contribution in [0.25, 0.3) is 5.57 Å². The second-order valence-corrected chi connectivity index (χ2v) is 3.81. The average molecular weight is 220 g/mol. The molecule has 0 saturated heterocycles. The second kappa shape index (κ2) is 4.39. The summed E-state index contributed by atoms with van der Waals surface area (Å²) in [6.07, 6.45) is 0. The topological polar surface area (TPSA) is 46.5 Å². The summed E-state index contributed by atoms with van der Waals surface area (Å²) >= 11 is 0. The highest BCUT2D eigenvalue weighted by atomic mass is 16.5. The number of hydrogen-bond acceptors (Lipinski definition) is 2. The van der Waals surface area contributed by atoms with Crippen molar-refractivity contribution >= 4 is 11.5 Å². The number of rotatable bonds is 3. The molecule has 0 aliphatic rings. The Morgan fingerprint density at radius 1 is 1.31 bits per heavy atom. The summed E-state index contributed by atoms with van der Waals surface area (Å²) < 4.78 is 5.27. The molecule has 1 aromatic rings. The van der Waals surface area contributed by atoms with Gasteiger partial charge in [0.05, 0.1) is 12.7 Å². The first-order chi connectivity index (χ1) is 7.40. The fourth-order valence-corrected chi connectivity index (χ4v) is 1.80. The van der Waals surface area contributed by atoms with E-state index in [9.17, 15) is 4.79 Å². The molecule has 0 spiro atoms. The maximum Gasteiger partial charge on any atom is 0.335 e. The predicted molar refractivity (Wildman–Crippen MR) is 63.9 cm³/mol. The van der Waals surface area contributed by atoms with Crippen LogP contribution in [-0.4, -0.2) is 18.2 Å². The van der Waals surface area contributed by atoms with Crippen LogP contribution in [0.5, 0.6) is 5.75 Å². The minimum Gasteiger partial charge on any atom is -0.496 e. The van der Waals surface area contributed by atoms with Crippen molar-refractivity contribution in [3.05, 3.63) is 34.9 Å². The van der Waals surface area contributed by atoms with Gasteiger partial charge in [-0.25, -0.2) is 4.79 Å². The van der Waals surface area contributed by atoms with Crippen LogP contribution >= 0.6 is 0 Å². The number of carboxylic acid groups (broad SMARTS) is 1. The van der Waals surface area contributed by atoms with Crippen LogP contribution in [0.4, 0.5) is 0 Å². The van der Waals surface area contributed by atoms with E-state index in [4.69, 9.17) is 9.84 Å². The maximum atomic E-state index is 10.9. The van der Waals surface area contributed by atoms with Gasteiger partial charge in [-0.2, -0.15) is 0 Å². The minimum atomic E-state index is -0.993. The van der Waals surface area contributed by atoms with Crippen molar-refractivity contribution in [2.75, 3.05) is 7.11 Å². The number of hydrogen-bond donors (Lipinski definition) is 1. The molecule has 0 aromatic heterocycles. The van der Waals surface area contributed by atoms with Crippen LogP contribution in [0.2, 0.25) is 0 Å². The van der Waals surface area contributed by atoms with Crippen LogP contribution in [0, 0.1) is 20.8 Å². The molecule has 1 aromatic carbocycles. The Bertz CT molecular complexity index is 459. The molecule has 0 radical (unpaired) electrons. The van der Waals surface area contributed by atoms with Gasteiger partial charge in [0.1, 0.15) is 5.75 Å². The van der Waals surface area contributed by atoms with Gasteiger partial charge < -0.3 is 9.84 Å². The standard InChI is InChI=1S/C13H16O3/c1-7-6-11(10(4)13(14)15)8(2)9(3)12(7)16-5/h6H,4H2,1-3,5H3,(H,14,15). The molecule has 0 saturated carbocycles. The van der Waals surface area contributed by atoms with Gasteiger partial charge in [0, 0.05) is 0 Å². The van der Waals surface area contributed by atoms with E-state index in [1.54, 1.807) is 13.2 Å². The summed E-state index contributed by atoms with van der Waals surface area (Å²) in [4.78, 5) is 10.9. The summed E-state index contributed by atoms with van der Waals surface area (Å²) in [7, 11) is 1.61. The van der Waals surface area contributed by atoms with Gasteiger partial charge in [0.25, 0.3) is 0 Å². The molecule has 0 heterocycles. The van der Waals surface area contributed by atoms with E-state index in [1.165, 1.54) is 0 Å². The third kappa shape index (κ3) is 1.94. The van der Waals surface area contributed by atoms with Gasteiger partial charge in [0.2, 0.25) is 0 Å². The number of ether oxygens (including phenoxy) is 1. The van der Waals surface area contributed by atoms with Crippen molar-refractivity contribution in [3.63, 3.8) is 0 Å². The molecule has 0 atom stereocenters. The quantitative estimate of drug-likeness (QED) is 0.797. The van der Waals surface area contributed by atoms with Crippen LogP contribution in [0.1, 0.15) is 22.3 Å². The SMILES string of the molecule is C=C(C(=O)O)c1cc(C)c(OC)c(C)c1C. The molecule has 0 aliphatic heterocycles. The molecule has 0 unspecified atom stereocenters. The van der Waals surface area contributed by atoms with Crippen LogP contribution in [-0.2, 0) is 4.79 Å². The highest BCUT2D eigenvalue weighted by Crippen LogP contribution is 2.31. The lowest BCUT2D eigenvalue weighted by atomic mass is 9.94. The largest absolute Gasteiger partial charge is 0.496 e. The summed E-state index contributed by atoms with van der Waals surface area (Å²) in [5, 5.41) is 8.94. The second-order valence-electron chi connectivity index (χ2n) is 3.81. The highest BCUT2D eigenvalue weighted by molar-refractivity contribution is 6.15. The van der Waals surface area contributed by atoms with E-state index < -0.39 is 5.97 Å². The number of carbonyl (C=O) groups is 1. The Kier molecular flexibility index (Phi) is 3.38. The van der Waals surface area contributed by atoms with E-state index in [0.717, 1.165) is 22.4 Å². The predicted octanol–water partition coefficient (Wildman–Crippen LogP) is 2.72. The molecule has 86 valence electrons. The van der Waals surface area contributed by atoms with Crippen molar-refractivity contribution in [3.8, 4) is 5.75 Å². The number of methoxy groups -OCH3 is 1. The number of benzene rings is 1. The molecule has 16 heavy (non-hydrogen) atoms. The number of aliphatic carboxylic acids is 1. The fourth-order valence-electron chi connectivity index (χ4n) is 1.80. The Hall–Kier alpha value is -1.77. The Balaban J connectivity index is 3.45. The lowest BCUT2D eigenvalue weighted by molar-refractivity contribution is -0.130. The molecule has 1 rings (SSSR count). The third-order valence-electron chi connectivity index (χ3n) is 2.81. The Labute approximate surface area is 95.4 Å². The van der Waals surface area contributed by atoms with Gasteiger partial charge >= 0.3 is 5.97 Å². The molecule has 0 aliphatic carbocycles. The van der Waals surface area contributed by atoms with E-state index in [0.29, 0.717) is 5.56 Å². The number of aryl methyl sites for hydroxylation is 1. The zero-order valence-electron chi connectivity index (χ0n) is 10.0. The van der Waals surface area contributed by atoms with Crippen molar-refractivity contribution in [1.82, 2.24) is 0 Å². The zero-order valence-corrected chi connectivity index (χ0v) is 10.0. The van der Waals surface area contributed by atoms with Crippen molar-refractivity contribution < 1.29 is 14.6 Å². The Morgan fingerprint density at radius 2 is 1.88 bits per heavy atom. The van der Waals surface area contributed by atoms with Crippen molar-refractivity contribution in [1.29, 1.82) is 0 Å². The summed E-state index contributed by atoms with van der Waals surface area (Å²) in [5.41, 5.74) is 3.56. The summed E-state index contributed by atoms with van der Waals surface area (Å²) in [5.74, 6) is -0.188. The molecule has 3 heteroatoms. The van der Waals surface area contributed by atoms with E-state index in [2.05, 4.69) is 6.58 Å². The molecule has 3 nitrogen and oxygen atoms in total. The van der Waals surface area contributed by atoms with Gasteiger partial charge in [-0.3, -0.25) is 0 Å². The molecule has 0 amide bonds. The Morgan fingerprint density at radius 3 is 2.31 bits per heavy atom. The maximum absolute atomic E-state index is 10.9. The van der Waals surface area contributed by atoms with Gasteiger partial charge in [0.15, 0.2) is 0 Å². The average Bonchev–Trinajstić information content (AvgIpc) is 2.23. The molecule has 0 bridgehead atoms. The van der Waals surface area contributed by atoms with Gasteiger partial charge in [-0.15, -0.1) is 0 Å². The van der Waals surface area contributed by atoms with Crippen molar-refractivity contribution in [2.24, 2.45) is 0 Å². The normalized spacial score (nSPS) is 10.0. The van der Waals surface area contributed by atoms with E-state index in [-0.39, 0.29) is 5.57 Å². The van der Waals surface area contributed by atoms with Gasteiger partial charge in [-0.05, 0) is 49.1 Å². The lowest BCUT2D eigenvalue weighted by Gasteiger charge is -2.15. The van der Waals surface area contributed by atoms with Crippen LogP contribution in [0.3, 0.4) is 0 Å². The van der Waals surface area contributed by atoms with E-state index in [1.807, 2.05) is 20.8 Å². The van der Waals surface area contributed by atoms with Gasteiger partial charge in [-0.1, -0.05) is 6.58 Å². The summed E-state index contributed by atoms with van der Waals surface area (Å²) in [6, 6.07) is 1.80. The smallest absolute Gasteiger partial charge is 0.335 e. The lowest BCUT2D eigenvalue weighted by Crippen LogP contribution is -2.03. The fraction of sp³-hybridized carbons (Fsp3) is 0.308. The molecule has 1 N–H and O–H groups in total. The molecular weight excluding hydrogens is 204 g/mol. The van der Waals surface area contributed by atoms with E-state index >= 15 is 0 Å². The molecular formula is C13H16O3. The van der Waals surface area contributed by atoms with Crippen LogP contribution < -0.4 is 4.74 Å². The monoisotopic (exact) mass is 220 g/mol. The van der Waals surface area contributed by atoms with Crippen LogP contribution in [0.15, 0.2) is 12.6 Å². The number of carboxylic acids is 1. The molecule has 0 fully saturated rings.